The van der Waals surface area contributed by atoms with E-state index >= 15 is 0 Å². The summed E-state index contributed by atoms with van der Waals surface area (Å²) in [5.41, 5.74) is 0.862. The van der Waals surface area contributed by atoms with Crippen molar-refractivity contribution in [3.05, 3.63) is 33.8 Å². The Balaban J connectivity index is 2.03. The second-order valence-corrected chi connectivity index (χ2v) is 7.73. The van der Waals surface area contributed by atoms with Gasteiger partial charge in [0.05, 0.1) is 27.7 Å². The van der Waals surface area contributed by atoms with Gasteiger partial charge in [0.15, 0.2) is 9.84 Å². The van der Waals surface area contributed by atoms with E-state index in [0.29, 0.717) is 22.9 Å². The van der Waals surface area contributed by atoms with E-state index in [9.17, 15) is 13.5 Å². The Morgan fingerprint density at radius 1 is 1.33 bits per heavy atom. The van der Waals surface area contributed by atoms with Crippen molar-refractivity contribution in [1.29, 1.82) is 0 Å². The fraction of sp³-hybridized carbons (Fsp3) is 0.500. The molecule has 1 aliphatic heterocycles. The van der Waals surface area contributed by atoms with Crippen LogP contribution in [0.5, 0.6) is 0 Å². The lowest BCUT2D eigenvalue weighted by Crippen LogP contribution is -2.23. The van der Waals surface area contributed by atoms with Gasteiger partial charge in [0.25, 0.3) is 0 Å². The molecule has 2 rings (SSSR count). The van der Waals surface area contributed by atoms with E-state index in [4.69, 9.17) is 23.2 Å². The zero-order valence-electron chi connectivity index (χ0n) is 9.64. The van der Waals surface area contributed by atoms with Gasteiger partial charge in [-0.05, 0) is 30.5 Å². The summed E-state index contributed by atoms with van der Waals surface area (Å²) in [4.78, 5) is 0. The molecule has 6 heteroatoms. The Labute approximate surface area is 117 Å². The topological polar surface area (TPSA) is 54.4 Å². The quantitative estimate of drug-likeness (QED) is 0.932. The average molecular weight is 309 g/mol. The van der Waals surface area contributed by atoms with E-state index in [0.717, 1.165) is 5.56 Å². The molecule has 1 saturated heterocycles. The standard InChI is InChI=1S/C12H14Cl2O3S/c13-10-2-1-8(5-11(10)14)6-12(15)9-3-4-18(16,17)7-9/h1-2,5,9,12,15H,3-4,6-7H2. The van der Waals surface area contributed by atoms with Crippen LogP contribution in [0.4, 0.5) is 0 Å². The molecule has 3 nitrogen and oxygen atoms in total. The average Bonchev–Trinajstić information content (AvgIpc) is 2.64. The SMILES string of the molecule is O=S1(=O)CCC(C(O)Cc2ccc(Cl)c(Cl)c2)C1. The number of halogens is 2. The minimum atomic E-state index is -2.95. The largest absolute Gasteiger partial charge is 0.392 e. The summed E-state index contributed by atoms with van der Waals surface area (Å²) in [6, 6.07) is 5.18. The van der Waals surface area contributed by atoms with Crippen molar-refractivity contribution in [3.8, 4) is 0 Å². The van der Waals surface area contributed by atoms with Crippen molar-refractivity contribution in [3.63, 3.8) is 0 Å². The molecule has 2 unspecified atom stereocenters. The third-order valence-electron chi connectivity index (χ3n) is 3.24. The highest BCUT2D eigenvalue weighted by atomic mass is 35.5. The molecule has 18 heavy (non-hydrogen) atoms. The Kier molecular flexibility index (Phi) is 4.22. The van der Waals surface area contributed by atoms with Gasteiger partial charge in [-0.2, -0.15) is 0 Å². The smallest absolute Gasteiger partial charge is 0.150 e. The van der Waals surface area contributed by atoms with E-state index in [1.165, 1.54) is 0 Å². The van der Waals surface area contributed by atoms with Crippen molar-refractivity contribution < 1.29 is 13.5 Å². The summed E-state index contributed by atoms with van der Waals surface area (Å²) in [6.45, 7) is 0. The minimum absolute atomic E-state index is 0.0789. The highest BCUT2D eigenvalue weighted by Gasteiger charge is 2.32. The van der Waals surface area contributed by atoms with E-state index in [2.05, 4.69) is 0 Å². The number of aliphatic hydroxyl groups excluding tert-OH is 1. The maximum absolute atomic E-state index is 11.3. The Hall–Kier alpha value is -0.290. The Bertz CT molecular complexity index is 542. The summed E-state index contributed by atoms with van der Waals surface area (Å²) in [5.74, 6) is 0.0791. The van der Waals surface area contributed by atoms with Gasteiger partial charge in [-0.15, -0.1) is 0 Å². The summed E-state index contributed by atoms with van der Waals surface area (Å²) < 4.78 is 22.7. The zero-order valence-corrected chi connectivity index (χ0v) is 12.0. The highest BCUT2D eigenvalue weighted by molar-refractivity contribution is 7.91. The van der Waals surface area contributed by atoms with E-state index in [1.807, 2.05) is 0 Å². The summed E-state index contributed by atoms with van der Waals surface area (Å²) >= 11 is 11.7. The van der Waals surface area contributed by atoms with Gasteiger partial charge in [-0.1, -0.05) is 29.3 Å². The molecule has 0 radical (unpaired) electrons. The first kappa shape index (κ1) is 14.1. The molecule has 1 aromatic rings. The maximum atomic E-state index is 11.3. The molecule has 0 bridgehead atoms. The first-order valence-electron chi connectivity index (χ1n) is 5.70. The normalized spacial score (nSPS) is 24.1. The molecule has 1 aliphatic rings. The Morgan fingerprint density at radius 2 is 2.06 bits per heavy atom. The molecule has 1 fully saturated rings. The molecule has 0 aromatic heterocycles. The van der Waals surface area contributed by atoms with Crippen LogP contribution in [0, 0.1) is 5.92 Å². The molecule has 0 aliphatic carbocycles. The zero-order chi connectivity index (χ0) is 13.3. The van der Waals surface area contributed by atoms with Crippen molar-refractivity contribution in [2.75, 3.05) is 11.5 Å². The first-order valence-corrected chi connectivity index (χ1v) is 8.27. The summed E-state index contributed by atoms with van der Waals surface area (Å²) in [7, 11) is -2.95. The molecular weight excluding hydrogens is 295 g/mol. The van der Waals surface area contributed by atoms with Crippen LogP contribution < -0.4 is 0 Å². The van der Waals surface area contributed by atoms with E-state index < -0.39 is 15.9 Å². The van der Waals surface area contributed by atoms with Gasteiger partial charge < -0.3 is 5.11 Å². The van der Waals surface area contributed by atoms with Crippen LogP contribution in [0.1, 0.15) is 12.0 Å². The van der Waals surface area contributed by atoms with E-state index in [1.54, 1.807) is 18.2 Å². The highest BCUT2D eigenvalue weighted by Crippen LogP contribution is 2.27. The number of hydrogen-bond acceptors (Lipinski definition) is 3. The van der Waals surface area contributed by atoms with Crippen molar-refractivity contribution >= 4 is 33.0 Å². The predicted molar refractivity (Wildman–Crippen MR) is 72.9 cm³/mol. The fourth-order valence-electron chi connectivity index (χ4n) is 2.20. The second kappa shape index (κ2) is 5.37. The molecule has 0 spiro atoms. The third kappa shape index (κ3) is 3.38. The molecule has 0 saturated carbocycles. The van der Waals surface area contributed by atoms with Gasteiger partial charge in [0.1, 0.15) is 0 Å². The summed E-state index contributed by atoms with van der Waals surface area (Å²) in [6.07, 6.45) is 0.279. The van der Waals surface area contributed by atoms with Crippen molar-refractivity contribution in [2.45, 2.75) is 18.9 Å². The number of hydrogen-bond donors (Lipinski definition) is 1. The lowest BCUT2D eigenvalue weighted by molar-refractivity contribution is 0.120. The molecule has 0 amide bonds. The van der Waals surface area contributed by atoms with Gasteiger partial charge >= 0.3 is 0 Å². The van der Waals surface area contributed by atoms with Crippen LogP contribution in [-0.2, 0) is 16.3 Å². The lowest BCUT2D eigenvalue weighted by atomic mass is 9.96. The van der Waals surface area contributed by atoms with Crippen LogP contribution in [0.25, 0.3) is 0 Å². The fourth-order valence-corrected chi connectivity index (χ4v) is 4.39. The lowest BCUT2D eigenvalue weighted by Gasteiger charge is -2.16. The van der Waals surface area contributed by atoms with Crippen LogP contribution in [0.3, 0.4) is 0 Å². The number of aliphatic hydroxyl groups is 1. The second-order valence-electron chi connectivity index (χ2n) is 4.68. The molecule has 1 N–H and O–H groups in total. The molecular formula is C12H14Cl2O3S. The van der Waals surface area contributed by atoms with Gasteiger partial charge in [0.2, 0.25) is 0 Å². The van der Waals surface area contributed by atoms with Gasteiger partial charge in [0, 0.05) is 5.92 Å². The minimum Gasteiger partial charge on any atom is -0.392 e. The number of sulfone groups is 1. The molecule has 2 atom stereocenters. The Morgan fingerprint density at radius 3 is 2.61 bits per heavy atom. The van der Waals surface area contributed by atoms with Crippen LogP contribution in [-0.4, -0.2) is 31.1 Å². The number of rotatable bonds is 3. The van der Waals surface area contributed by atoms with Crippen LogP contribution >= 0.6 is 23.2 Å². The predicted octanol–water partition coefficient (Wildman–Crippen LogP) is 2.33. The maximum Gasteiger partial charge on any atom is 0.150 e. The molecule has 100 valence electrons. The van der Waals surface area contributed by atoms with Gasteiger partial charge in [-0.3, -0.25) is 0 Å². The number of benzene rings is 1. The molecule has 1 heterocycles. The first-order chi connectivity index (χ1) is 8.37. The molecule has 1 aromatic carbocycles. The summed E-state index contributed by atoms with van der Waals surface area (Å²) in [5, 5.41) is 11.0. The van der Waals surface area contributed by atoms with Crippen LogP contribution in [0.2, 0.25) is 10.0 Å². The van der Waals surface area contributed by atoms with Crippen molar-refractivity contribution in [2.24, 2.45) is 5.92 Å². The van der Waals surface area contributed by atoms with Crippen molar-refractivity contribution in [1.82, 2.24) is 0 Å². The van der Waals surface area contributed by atoms with Gasteiger partial charge in [-0.25, -0.2) is 8.42 Å². The van der Waals surface area contributed by atoms with Crippen LogP contribution in [0.15, 0.2) is 18.2 Å². The monoisotopic (exact) mass is 308 g/mol. The third-order valence-corrected chi connectivity index (χ3v) is 5.77. The van der Waals surface area contributed by atoms with E-state index in [-0.39, 0.29) is 17.4 Å².